The topological polar surface area (TPSA) is 31.2 Å². The summed E-state index contributed by atoms with van der Waals surface area (Å²) >= 11 is 0. The molecule has 0 saturated carbocycles. The van der Waals surface area contributed by atoms with Crippen LogP contribution in [0, 0.1) is 11.8 Å². The molecule has 3 heteroatoms. The first-order valence-corrected chi connectivity index (χ1v) is 7.41. The SMILES string of the molecule is COc1ccc(C#CCn2c(C(C)=O)cc3ccccc32)cc1. The molecule has 0 aliphatic rings. The van der Waals surface area contributed by atoms with Crippen LogP contribution in [-0.4, -0.2) is 17.5 Å². The second kappa shape index (κ2) is 6.41. The van der Waals surface area contributed by atoms with Gasteiger partial charge in [-0.15, -0.1) is 0 Å². The zero-order valence-corrected chi connectivity index (χ0v) is 13.2. The molecular weight excluding hydrogens is 286 g/mol. The molecule has 0 saturated heterocycles. The summed E-state index contributed by atoms with van der Waals surface area (Å²) in [6.07, 6.45) is 0. The molecule has 3 aromatic rings. The molecule has 0 aliphatic carbocycles. The number of carbonyl (C=O) groups is 1. The van der Waals surface area contributed by atoms with E-state index < -0.39 is 0 Å². The Morgan fingerprint density at radius 1 is 1.13 bits per heavy atom. The number of Topliss-reactive ketones (excluding diaryl/α,β-unsaturated/α-hetero) is 1. The zero-order chi connectivity index (χ0) is 16.2. The van der Waals surface area contributed by atoms with Gasteiger partial charge >= 0.3 is 0 Å². The maximum Gasteiger partial charge on any atom is 0.176 e. The van der Waals surface area contributed by atoms with E-state index in [1.807, 2.05) is 59.2 Å². The fourth-order valence-corrected chi connectivity index (χ4v) is 2.57. The normalized spacial score (nSPS) is 10.2. The van der Waals surface area contributed by atoms with Crippen molar-refractivity contribution in [1.82, 2.24) is 4.57 Å². The number of ketones is 1. The van der Waals surface area contributed by atoms with E-state index in [2.05, 4.69) is 11.8 Å². The average Bonchev–Trinajstić information content (AvgIpc) is 2.95. The van der Waals surface area contributed by atoms with Gasteiger partial charge in [0.2, 0.25) is 0 Å². The minimum absolute atomic E-state index is 0.0486. The molecule has 0 unspecified atom stereocenters. The third-order valence-corrected chi connectivity index (χ3v) is 3.73. The molecule has 0 spiro atoms. The Balaban J connectivity index is 1.91. The number of ether oxygens (including phenoxy) is 1. The molecule has 0 bridgehead atoms. The highest BCUT2D eigenvalue weighted by Crippen LogP contribution is 2.20. The number of nitrogens with zero attached hydrogens (tertiary/aromatic N) is 1. The Morgan fingerprint density at radius 2 is 1.87 bits per heavy atom. The number of hydrogen-bond acceptors (Lipinski definition) is 2. The second-order valence-corrected chi connectivity index (χ2v) is 5.26. The number of benzene rings is 2. The van der Waals surface area contributed by atoms with Crippen molar-refractivity contribution in [1.29, 1.82) is 0 Å². The summed E-state index contributed by atoms with van der Waals surface area (Å²) in [5.74, 6) is 7.14. The molecule has 1 heterocycles. The van der Waals surface area contributed by atoms with Gasteiger partial charge in [-0.05, 0) is 36.4 Å². The van der Waals surface area contributed by atoms with Crippen LogP contribution < -0.4 is 4.74 Å². The molecule has 1 aromatic heterocycles. The van der Waals surface area contributed by atoms with Crippen molar-refractivity contribution in [2.24, 2.45) is 0 Å². The average molecular weight is 303 g/mol. The molecule has 0 fully saturated rings. The molecular formula is C20H17NO2. The first kappa shape index (κ1) is 14.9. The Kier molecular flexibility index (Phi) is 4.16. The summed E-state index contributed by atoms with van der Waals surface area (Å²) in [7, 11) is 1.64. The lowest BCUT2D eigenvalue weighted by atomic mass is 10.2. The van der Waals surface area contributed by atoms with Gasteiger partial charge in [0.1, 0.15) is 5.75 Å². The van der Waals surface area contributed by atoms with Crippen molar-refractivity contribution in [3.63, 3.8) is 0 Å². The lowest BCUT2D eigenvalue weighted by molar-refractivity contribution is 0.101. The maximum atomic E-state index is 11.9. The van der Waals surface area contributed by atoms with Crippen LogP contribution >= 0.6 is 0 Å². The number of methoxy groups -OCH3 is 1. The number of aromatic nitrogens is 1. The molecule has 23 heavy (non-hydrogen) atoms. The largest absolute Gasteiger partial charge is 0.497 e. The van der Waals surface area contributed by atoms with Gasteiger partial charge in [-0.2, -0.15) is 0 Å². The molecule has 0 N–H and O–H groups in total. The van der Waals surface area contributed by atoms with E-state index in [1.165, 1.54) is 0 Å². The summed E-state index contributed by atoms with van der Waals surface area (Å²) in [6.45, 7) is 2.07. The quantitative estimate of drug-likeness (QED) is 0.543. The lowest BCUT2D eigenvalue weighted by Crippen LogP contribution is -2.05. The number of hydrogen-bond donors (Lipinski definition) is 0. The van der Waals surface area contributed by atoms with Crippen LogP contribution in [0.3, 0.4) is 0 Å². The number of rotatable bonds is 3. The summed E-state index contributed by atoms with van der Waals surface area (Å²) in [6, 6.07) is 17.5. The minimum Gasteiger partial charge on any atom is -0.497 e. The summed E-state index contributed by atoms with van der Waals surface area (Å²) in [5.41, 5.74) is 2.64. The van der Waals surface area contributed by atoms with Gasteiger partial charge in [-0.25, -0.2) is 0 Å². The van der Waals surface area contributed by atoms with Gasteiger partial charge in [0.25, 0.3) is 0 Å². The highest BCUT2D eigenvalue weighted by molar-refractivity contribution is 5.98. The summed E-state index contributed by atoms with van der Waals surface area (Å²) < 4.78 is 7.10. The van der Waals surface area contributed by atoms with Crippen LogP contribution in [0.15, 0.2) is 54.6 Å². The Bertz CT molecular complexity index is 908. The maximum absolute atomic E-state index is 11.9. The molecule has 0 aliphatic heterocycles. The summed E-state index contributed by atoms with van der Waals surface area (Å²) in [4.78, 5) is 11.9. The van der Waals surface area contributed by atoms with Crippen LogP contribution in [0.25, 0.3) is 10.9 Å². The Morgan fingerprint density at radius 3 is 2.57 bits per heavy atom. The fourth-order valence-electron chi connectivity index (χ4n) is 2.57. The van der Waals surface area contributed by atoms with E-state index in [1.54, 1.807) is 14.0 Å². The van der Waals surface area contributed by atoms with Gasteiger partial charge in [0.15, 0.2) is 5.78 Å². The molecule has 3 nitrogen and oxygen atoms in total. The van der Waals surface area contributed by atoms with E-state index >= 15 is 0 Å². The Labute approximate surface area is 135 Å². The van der Waals surface area contributed by atoms with Crippen LogP contribution in [0.4, 0.5) is 0 Å². The zero-order valence-electron chi connectivity index (χ0n) is 13.2. The fraction of sp³-hybridized carbons (Fsp3) is 0.150. The van der Waals surface area contributed by atoms with Gasteiger partial charge in [-0.1, -0.05) is 30.0 Å². The van der Waals surface area contributed by atoms with Crippen LogP contribution in [-0.2, 0) is 6.54 Å². The van der Waals surface area contributed by atoms with Crippen molar-refractivity contribution in [2.75, 3.05) is 7.11 Å². The van der Waals surface area contributed by atoms with Crippen molar-refractivity contribution >= 4 is 16.7 Å². The summed E-state index contributed by atoms with van der Waals surface area (Å²) in [5, 5.41) is 1.06. The van der Waals surface area contributed by atoms with Gasteiger partial charge in [0.05, 0.1) is 19.3 Å². The second-order valence-electron chi connectivity index (χ2n) is 5.26. The van der Waals surface area contributed by atoms with Gasteiger partial charge in [0, 0.05) is 23.4 Å². The predicted molar refractivity (Wildman–Crippen MR) is 91.8 cm³/mol. The first-order chi connectivity index (χ1) is 11.2. The molecule has 114 valence electrons. The Hall–Kier alpha value is -2.99. The van der Waals surface area contributed by atoms with Crippen LogP contribution in [0.2, 0.25) is 0 Å². The molecule has 0 atom stereocenters. The van der Waals surface area contributed by atoms with Gasteiger partial charge < -0.3 is 9.30 Å². The van der Waals surface area contributed by atoms with Crippen molar-refractivity contribution in [3.8, 4) is 17.6 Å². The number of para-hydroxylation sites is 1. The van der Waals surface area contributed by atoms with Gasteiger partial charge in [-0.3, -0.25) is 4.79 Å². The lowest BCUT2D eigenvalue weighted by Gasteiger charge is -2.04. The third kappa shape index (κ3) is 3.12. The molecule has 0 amide bonds. The van der Waals surface area contributed by atoms with E-state index in [0.29, 0.717) is 12.2 Å². The predicted octanol–water partition coefficient (Wildman–Crippen LogP) is 3.90. The number of carbonyl (C=O) groups excluding carboxylic acids is 1. The monoisotopic (exact) mass is 303 g/mol. The molecule has 3 rings (SSSR count). The molecule has 0 radical (unpaired) electrons. The minimum atomic E-state index is 0.0486. The smallest absolute Gasteiger partial charge is 0.176 e. The first-order valence-electron chi connectivity index (χ1n) is 7.41. The van der Waals surface area contributed by atoms with Crippen molar-refractivity contribution < 1.29 is 9.53 Å². The number of fused-ring (bicyclic) bond motifs is 1. The van der Waals surface area contributed by atoms with Crippen LogP contribution in [0.1, 0.15) is 23.0 Å². The molecule has 2 aromatic carbocycles. The highest BCUT2D eigenvalue weighted by atomic mass is 16.5. The van der Waals surface area contributed by atoms with Crippen molar-refractivity contribution in [3.05, 3.63) is 65.9 Å². The third-order valence-electron chi connectivity index (χ3n) is 3.73. The van der Waals surface area contributed by atoms with E-state index in [9.17, 15) is 4.79 Å². The van der Waals surface area contributed by atoms with Crippen molar-refractivity contribution in [2.45, 2.75) is 13.5 Å². The standard InChI is InChI=1S/C20H17NO2/c1-15(22)20-14-17-7-3-4-8-19(17)21(20)13-5-6-16-9-11-18(23-2)12-10-16/h3-4,7-12,14H,13H2,1-2H3. The van der Waals surface area contributed by atoms with E-state index in [4.69, 9.17) is 4.74 Å². The van der Waals surface area contributed by atoms with Crippen LogP contribution in [0.5, 0.6) is 5.75 Å². The van der Waals surface area contributed by atoms with E-state index in [0.717, 1.165) is 22.2 Å². The van der Waals surface area contributed by atoms with E-state index in [-0.39, 0.29) is 5.78 Å². The highest BCUT2D eigenvalue weighted by Gasteiger charge is 2.10.